The summed E-state index contributed by atoms with van der Waals surface area (Å²) in [4.78, 5) is 14.7. The van der Waals surface area contributed by atoms with E-state index in [9.17, 15) is 4.79 Å². The van der Waals surface area contributed by atoms with E-state index in [2.05, 4.69) is 15.3 Å². The number of hydrogen-bond acceptors (Lipinski definition) is 4. The number of likely N-dealkylation sites (tertiary alicyclic amines) is 1. The van der Waals surface area contributed by atoms with Crippen LogP contribution >= 0.6 is 0 Å². The molecule has 1 aliphatic rings. The van der Waals surface area contributed by atoms with Gasteiger partial charge in [0.2, 0.25) is 0 Å². The Morgan fingerprint density at radius 1 is 1.26 bits per heavy atom. The Kier molecular flexibility index (Phi) is 4.91. The number of benzene rings is 1. The molecule has 1 aliphatic heterocycles. The first-order valence-electron chi connectivity index (χ1n) is 9.19. The first kappa shape index (κ1) is 17.3. The van der Waals surface area contributed by atoms with Crippen molar-refractivity contribution in [3.8, 4) is 17.0 Å². The molecule has 0 bridgehead atoms. The second kappa shape index (κ2) is 7.65. The molecule has 140 valence electrons. The topological polar surface area (TPSA) is 76.0 Å². The number of carbonyl (C=O) groups is 1. The van der Waals surface area contributed by atoms with E-state index in [1.54, 1.807) is 13.3 Å². The number of amides is 1. The molecule has 1 N–H and O–H groups in total. The van der Waals surface area contributed by atoms with Gasteiger partial charge in [-0.3, -0.25) is 14.6 Å². The molecule has 0 atom stereocenters. The molecule has 2 aromatic heterocycles. The van der Waals surface area contributed by atoms with Crippen LogP contribution in [-0.2, 0) is 6.54 Å². The maximum Gasteiger partial charge on any atom is 0.271 e. The molecular formula is C20H23N5O2. The monoisotopic (exact) mass is 365 g/mol. The number of nitrogens with zero attached hydrogens (tertiary/aromatic N) is 4. The van der Waals surface area contributed by atoms with Gasteiger partial charge in [-0.2, -0.15) is 10.2 Å². The van der Waals surface area contributed by atoms with Crippen molar-refractivity contribution >= 4 is 5.91 Å². The molecule has 0 radical (unpaired) electrons. The van der Waals surface area contributed by atoms with Gasteiger partial charge in [-0.25, -0.2) is 0 Å². The second-order valence-corrected chi connectivity index (χ2v) is 6.86. The zero-order valence-electron chi connectivity index (χ0n) is 15.3. The lowest BCUT2D eigenvalue weighted by Gasteiger charge is -2.31. The number of hydrogen-bond donors (Lipinski definition) is 1. The third-order valence-electron chi connectivity index (χ3n) is 5.08. The predicted molar refractivity (Wildman–Crippen MR) is 101 cm³/mol. The van der Waals surface area contributed by atoms with Gasteiger partial charge in [0, 0.05) is 37.6 Å². The van der Waals surface area contributed by atoms with E-state index in [0.29, 0.717) is 11.6 Å². The van der Waals surface area contributed by atoms with Gasteiger partial charge in [-0.15, -0.1) is 0 Å². The minimum atomic E-state index is 0.00850. The van der Waals surface area contributed by atoms with Gasteiger partial charge in [0.25, 0.3) is 5.91 Å². The summed E-state index contributed by atoms with van der Waals surface area (Å²) < 4.78 is 7.22. The Hall–Kier alpha value is -3.09. The fourth-order valence-corrected chi connectivity index (χ4v) is 3.52. The van der Waals surface area contributed by atoms with E-state index in [-0.39, 0.29) is 5.91 Å². The number of carbonyl (C=O) groups excluding carboxylic acids is 1. The highest BCUT2D eigenvalue weighted by Gasteiger charge is 2.25. The summed E-state index contributed by atoms with van der Waals surface area (Å²) in [6.45, 7) is 2.44. The first-order valence-corrected chi connectivity index (χ1v) is 9.19. The summed E-state index contributed by atoms with van der Waals surface area (Å²) in [5.74, 6) is 1.33. The molecule has 27 heavy (non-hydrogen) atoms. The summed E-state index contributed by atoms with van der Waals surface area (Å²) >= 11 is 0. The molecule has 0 spiro atoms. The summed E-state index contributed by atoms with van der Waals surface area (Å²) in [6, 6.07) is 11.4. The highest BCUT2D eigenvalue weighted by molar-refractivity contribution is 5.93. The minimum Gasteiger partial charge on any atom is -0.497 e. The number of piperidine rings is 1. The smallest absolute Gasteiger partial charge is 0.271 e. The summed E-state index contributed by atoms with van der Waals surface area (Å²) in [5, 5.41) is 11.5. The van der Waals surface area contributed by atoms with Crippen LogP contribution in [0, 0.1) is 5.92 Å². The van der Waals surface area contributed by atoms with Crippen LogP contribution in [0.3, 0.4) is 0 Å². The average Bonchev–Trinajstić information content (AvgIpc) is 3.40. The summed E-state index contributed by atoms with van der Waals surface area (Å²) in [6.07, 6.45) is 5.77. The Bertz CT molecular complexity index is 895. The molecule has 1 amide bonds. The standard InChI is InChI=1S/C20H23N5O2/c1-27-17-5-2-4-16(12-17)18-13-19(23-22-18)20(26)24-10-6-15(7-11-24)14-25-9-3-8-21-25/h2-5,8-9,12-13,15H,6-7,10-11,14H2,1H3,(H,22,23). The maximum atomic E-state index is 12.8. The highest BCUT2D eigenvalue weighted by atomic mass is 16.5. The summed E-state index contributed by atoms with van der Waals surface area (Å²) in [5.41, 5.74) is 2.19. The normalized spacial score (nSPS) is 15.1. The van der Waals surface area contributed by atoms with Crippen molar-refractivity contribution in [2.45, 2.75) is 19.4 Å². The van der Waals surface area contributed by atoms with Crippen molar-refractivity contribution in [3.05, 3.63) is 54.5 Å². The summed E-state index contributed by atoms with van der Waals surface area (Å²) in [7, 11) is 1.63. The third-order valence-corrected chi connectivity index (χ3v) is 5.08. The number of nitrogens with one attached hydrogen (secondary N) is 1. The van der Waals surface area contributed by atoms with Crippen LogP contribution < -0.4 is 4.74 Å². The fraction of sp³-hybridized carbons (Fsp3) is 0.350. The third kappa shape index (κ3) is 3.86. The molecule has 4 rings (SSSR count). The van der Waals surface area contributed by atoms with E-state index in [0.717, 1.165) is 49.5 Å². The average molecular weight is 365 g/mol. The Labute approximate surface area is 157 Å². The first-order chi connectivity index (χ1) is 13.2. The van der Waals surface area contributed by atoms with Crippen LogP contribution in [0.4, 0.5) is 0 Å². The molecule has 1 fully saturated rings. The predicted octanol–water partition coefficient (Wildman–Crippen LogP) is 2.83. The van der Waals surface area contributed by atoms with Crippen LogP contribution in [0.15, 0.2) is 48.8 Å². The van der Waals surface area contributed by atoms with Gasteiger partial charge < -0.3 is 9.64 Å². The van der Waals surface area contributed by atoms with Crippen molar-refractivity contribution in [2.75, 3.05) is 20.2 Å². The van der Waals surface area contributed by atoms with E-state index in [1.807, 2.05) is 52.2 Å². The van der Waals surface area contributed by atoms with Crippen molar-refractivity contribution in [2.24, 2.45) is 5.92 Å². The maximum absolute atomic E-state index is 12.8. The largest absolute Gasteiger partial charge is 0.497 e. The van der Waals surface area contributed by atoms with Crippen LogP contribution in [-0.4, -0.2) is 51.0 Å². The van der Waals surface area contributed by atoms with Crippen molar-refractivity contribution in [1.29, 1.82) is 0 Å². The zero-order valence-corrected chi connectivity index (χ0v) is 15.3. The second-order valence-electron chi connectivity index (χ2n) is 6.86. The quantitative estimate of drug-likeness (QED) is 0.754. The molecule has 3 aromatic rings. The number of aromatic amines is 1. The number of ether oxygens (including phenoxy) is 1. The van der Waals surface area contributed by atoms with Gasteiger partial charge in [0.05, 0.1) is 12.8 Å². The molecule has 7 nitrogen and oxygen atoms in total. The van der Waals surface area contributed by atoms with Gasteiger partial charge in [-0.05, 0) is 43.0 Å². The number of methoxy groups -OCH3 is 1. The SMILES string of the molecule is COc1cccc(-c2cc(C(=O)N3CCC(Cn4cccn4)CC3)[nH]n2)c1. The van der Waals surface area contributed by atoms with Gasteiger partial charge in [-0.1, -0.05) is 12.1 Å². The van der Waals surface area contributed by atoms with E-state index in [4.69, 9.17) is 4.74 Å². The number of rotatable bonds is 5. The minimum absolute atomic E-state index is 0.00850. The van der Waals surface area contributed by atoms with E-state index < -0.39 is 0 Å². The fourth-order valence-electron chi connectivity index (χ4n) is 3.52. The van der Waals surface area contributed by atoms with Gasteiger partial charge >= 0.3 is 0 Å². The van der Waals surface area contributed by atoms with Gasteiger partial charge in [0.1, 0.15) is 11.4 Å². The zero-order chi connectivity index (χ0) is 18.6. The highest BCUT2D eigenvalue weighted by Crippen LogP contribution is 2.24. The molecule has 7 heteroatoms. The van der Waals surface area contributed by atoms with Crippen LogP contribution in [0.2, 0.25) is 0 Å². The molecule has 3 heterocycles. The molecule has 0 unspecified atom stereocenters. The van der Waals surface area contributed by atoms with E-state index in [1.165, 1.54) is 0 Å². The molecule has 1 aromatic carbocycles. The van der Waals surface area contributed by atoms with Crippen LogP contribution in [0.5, 0.6) is 5.75 Å². The molecule has 0 saturated carbocycles. The van der Waals surface area contributed by atoms with E-state index >= 15 is 0 Å². The number of aromatic nitrogens is 4. The van der Waals surface area contributed by atoms with Gasteiger partial charge in [0.15, 0.2) is 0 Å². The van der Waals surface area contributed by atoms with Crippen LogP contribution in [0.25, 0.3) is 11.3 Å². The Morgan fingerprint density at radius 3 is 2.85 bits per heavy atom. The lowest BCUT2D eigenvalue weighted by molar-refractivity contribution is 0.0675. The molecular weight excluding hydrogens is 342 g/mol. The number of H-pyrrole nitrogens is 1. The molecule has 1 saturated heterocycles. The Balaban J connectivity index is 1.38. The lowest BCUT2D eigenvalue weighted by atomic mass is 9.96. The van der Waals surface area contributed by atoms with Crippen molar-refractivity contribution in [1.82, 2.24) is 24.9 Å². The molecule has 0 aliphatic carbocycles. The van der Waals surface area contributed by atoms with Crippen molar-refractivity contribution < 1.29 is 9.53 Å². The van der Waals surface area contributed by atoms with Crippen LogP contribution in [0.1, 0.15) is 23.3 Å². The Morgan fingerprint density at radius 2 is 2.11 bits per heavy atom. The van der Waals surface area contributed by atoms with Crippen molar-refractivity contribution in [3.63, 3.8) is 0 Å². The lowest BCUT2D eigenvalue weighted by Crippen LogP contribution is -2.39.